The Hall–Kier alpha value is -16.6. The molecule has 0 aliphatic carbocycles. The molecule has 12 aromatic rings. The summed E-state index contributed by atoms with van der Waals surface area (Å²) in [6.07, 6.45) is -1.37. The van der Waals surface area contributed by atoms with Gasteiger partial charge in [0.25, 0.3) is 34.1 Å². The van der Waals surface area contributed by atoms with Gasteiger partial charge in [-0.15, -0.1) is 10.2 Å². The summed E-state index contributed by atoms with van der Waals surface area (Å²) < 4.78 is 115. The molecule has 143 heavy (non-hydrogen) atoms. The largest absolute Gasteiger partial charge is 0.478 e. The minimum atomic E-state index is -1.69. The van der Waals surface area contributed by atoms with Crippen LogP contribution in [0.15, 0.2) is 128 Å². The second-order valence-corrected chi connectivity index (χ2v) is 31.9. The maximum Gasteiger partial charge on any atom is 0.402 e. The molecule has 768 valence electrons. The molecule has 5 aromatic carbocycles. The predicted octanol–water partition coefficient (Wildman–Crippen LogP) is 11.3. The zero-order chi connectivity index (χ0) is 110. The number of nitrogen functional groups attached to an aromatic ring is 2. The third-order valence-electron chi connectivity index (χ3n) is 15.3. The summed E-state index contributed by atoms with van der Waals surface area (Å²) in [7, 11) is 14.7. The zero-order valence-electron chi connectivity index (χ0n) is 75.3. The lowest BCUT2D eigenvalue weighted by atomic mass is 10.1. The number of aldehydes is 2. The van der Waals surface area contributed by atoms with Crippen LogP contribution in [0.25, 0.3) is 11.4 Å². The van der Waals surface area contributed by atoms with Gasteiger partial charge in [0.15, 0.2) is 52.9 Å². The van der Waals surface area contributed by atoms with E-state index in [9.17, 15) is 89.6 Å². The van der Waals surface area contributed by atoms with Crippen LogP contribution < -0.4 is 67.2 Å². The van der Waals surface area contributed by atoms with Crippen LogP contribution >= 0.6 is 65.9 Å². The van der Waals surface area contributed by atoms with Crippen molar-refractivity contribution in [3.8, 4) is 11.4 Å². The number of hydrogen-bond acceptors (Lipinski definition) is 36. The fourth-order valence-corrected chi connectivity index (χ4v) is 10.1. The minimum absolute atomic E-state index is 0.00148. The van der Waals surface area contributed by atoms with Gasteiger partial charge in [0.05, 0.1) is 62.0 Å². The number of rotatable bonds is 20. The number of nitro groups is 1. The number of benzene rings is 5. The van der Waals surface area contributed by atoms with E-state index in [1.807, 2.05) is 0 Å². The minimum Gasteiger partial charge on any atom is -0.478 e. The number of aromatic nitrogens is 9. The smallest absolute Gasteiger partial charge is 0.402 e. The molecule has 25 N–H and O–H groups in total. The number of Topliss-reactive ketones (excluding diaryl/α,β-unsaturated/α-hetero) is 1. The van der Waals surface area contributed by atoms with Crippen molar-refractivity contribution in [3.05, 3.63) is 257 Å². The normalized spacial score (nSPS) is 9.83. The van der Waals surface area contributed by atoms with Crippen molar-refractivity contribution in [1.29, 1.82) is 0 Å². The molecule has 64 heteroatoms. The fraction of sp³-hybridized carbons (Fsp3) is 0.177. The summed E-state index contributed by atoms with van der Waals surface area (Å²) >= 11 is 10.4. The molecule has 0 saturated heterocycles. The quantitative estimate of drug-likeness (QED) is 0.00288. The zero-order valence-corrected chi connectivity index (χ0v) is 81.5. The molecule has 0 fully saturated rings. The number of carboxylic acids is 3. The number of hydrogen-bond donors (Lipinski definition) is 17. The van der Waals surface area contributed by atoms with Crippen molar-refractivity contribution in [3.63, 3.8) is 0 Å². The van der Waals surface area contributed by atoms with Crippen LogP contribution in [-0.2, 0) is 28.0 Å². The molecular formula is C79H81Cl6F5N24O27S2. The van der Waals surface area contributed by atoms with Crippen LogP contribution in [-0.4, -0.2) is 180 Å². The Morgan fingerprint density at radius 1 is 0.441 bits per heavy atom. The average molecular weight is 2170 g/mol. The van der Waals surface area contributed by atoms with Crippen molar-refractivity contribution >= 4 is 207 Å². The van der Waals surface area contributed by atoms with E-state index in [2.05, 4.69) is 131 Å². The van der Waals surface area contributed by atoms with Crippen molar-refractivity contribution in [2.24, 2.45) is 44.6 Å². The van der Waals surface area contributed by atoms with Gasteiger partial charge in [-0.05, 0) is 156 Å². The van der Waals surface area contributed by atoms with E-state index in [0.29, 0.717) is 75.2 Å². The Bertz CT molecular complexity index is 6460. The van der Waals surface area contributed by atoms with Crippen LogP contribution in [0.4, 0.5) is 61.1 Å². The Balaban J connectivity index is 0.000000815. The first-order valence-corrected chi connectivity index (χ1v) is 44.1. The maximum atomic E-state index is 13.9. The molecule has 0 saturated carbocycles. The summed E-state index contributed by atoms with van der Waals surface area (Å²) in [5.74, 6) is -3.30. The molecule has 0 aliphatic heterocycles. The fourth-order valence-electron chi connectivity index (χ4n) is 9.77. The number of hydrazone groups is 1. The van der Waals surface area contributed by atoms with Gasteiger partial charge < -0.3 is 114 Å². The number of carboxylic acid groups (broad SMARTS) is 4. The number of aromatic amines is 1. The first kappa shape index (κ1) is 124. The number of nitrogens with one attached hydrogen (secondary N) is 5. The van der Waals surface area contributed by atoms with Crippen LogP contribution in [0.5, 0.6) is 0 Å². The van der Waals surface area contributed by atoms with Crippen molar-refractivity contribution in [2.45, 2.75) is 89.1 Å². The van der Waals surface area contributed by atoms with Gasteiger partial charge >= 0.3 is 30.0 Å². The number of guanidine groups is 2. The summed E-state index contributed by atoms with van der Waals surface area (Å²) in [6, 6.07) is 16.2. The second-order valence-electron chi connectivity index (χ2n) is 26.2. The van der Waals surface area contributed by atoms with Crippen molar-refractivity contribution in [2.75, 3.05) is 39.3 Å². The molecule has 0 aliphatic rings. The number of carbonyl (C=O) groups is 13. The topological polar surface area (TPSA) is 859 Å². The van der Waals surface area contributed by atoms with Gasteiger partial charge in [0.1, 0.15) is 35.6 Å². The van der Waals surface area contributed by atoms with Crippen molar-refractivity contribution < 1.29 is 145 Å². The van der Waals surface area contributed by atoms with Crippen LogP contribution in [0.1, 0.15) is 174 Å². The number of amides is 5. The maximum absolute atomic E-state index is 13.9. The molecule has 5 amide bonds. The molecule has 7 heterocycles. The SMILES string of the molecule is Cc1nc(C)c(C(=O)Cl)o1.Cc1nc(C)c(C(=O)Nc2ccc(F)c(-c3nc(N)n[nH]3)c2)o1.Cc1nc(C)c(C(=O)Nc2ccc(F)c(C(=O)CN=C(N)N)c2)o1.Cc1nc(C)c(C(=O)Nc2ccc(F)c(C(=O)Cl)c2)o1.Cc1nc(C)c(C(=O)Nc2ccc(F)c(C(=O)O)c2)o1.Cc1nc(C)c(C(=O)O)o1.NC(=O)O.NN=C(N)N.Nc1ccc(F)c(C(=O)O)c1.O=CC(C=O)[N+](=O)[O-].O=S(Cl)Cl.O=S(Cl)Cl. The van der Waals surface area contributed by atoms with Gasteiger partial charge in [-0.25, -0.2) is 84.4 Å². The molecular weight excluding hydrogens is 2090 g/mol. The Morgan fingerprint density at radius 3 is 0.958 bits per heavy atom. The van der Waals surface area contributed by atoms with E-state index in [4.69, 9.17) is 118 Å². The van der Waals surface area contributed by atoms with Gasteiger partial charge in [0.2, 0.25) is 77.5 Å². The van der Waals surface area contributed by atoms with E-state index in [0.717, 1.165) is 42.5 Å². The van der Waals surface area contributed by atoms with E-state index >= 15 is 0 Å². The number of primary amides is 1. The number of oxazole rings is 6. The summed E-state index contributed by atoms with van der Waals surface area (Å²) in [6.45, 7) is 19.2. The molecule has 0 unspecified atom stereocenters. The third kappa shape index (κ3) is 45.7. The number of halogens is 11. The van der Waals surface area contributed by atoms with Gasteiger partial charge in [-0.1, -0.05) is 0 Å². The lowest BCUT2D eigenvalue weighted by Crippen LogP contribution is -2.24. The number of anilines is 6. The monoisotopic (exact) mass is 2170 g/mol. The number of aryl methyl sites for hydroxylation is 12. The van der Waals surface area contributed by atoms with E-state index in [1.165, 1.54) is 48.5 Å². The van der Waals surface area contributed by atoms with Crippen LogP contribution in [0.3, 0.4) is 0 Å². The number of nitrogens with zero attached hydrogens (tertiary/aromatic N) is 11. The number of nitrogens with two attached hydrogens (primary N) is 8. The number of H-pyrrole nitrogens is 1. The lowest BCUT2D eigenvalue weighted by Gasteiger charge is -2.07. The Labute approximate surface area is 832 Å². The molecule has 51 nitrogen and oxygen atoms in total. The predicted molar refractivity (Wildman–Crippen MR) is 505 cm³/mol. The van der Waals surface area contributed by atoms with E-state index in [1.54, 1.807) is 83.1 Å². The van der Waals surface area contributed by atoms with E-state index in [-0.39, 0.29) is 110 Å². The van der Waals surface area contributed by atoms with Gasteiger partial charge in [-0.3, -0.25) is 58.4 Å². The van der Waals surface area contributed by atoms with Crippen molar-refractivity contribution in [1.82, 2.24) is 45.1 Å². The van der Waals surface area contributed by atoms with Crippen LogP contribution in [0, 0.1) is 122 Å². The number of ketones is 1. The number of aliphatic imine (C=N–C) groups is 1. The molecule has 0 atom stereocenters. The highest BCUT2D eigenvalue weighted by atomic mass is 36.0. The Morgan fingerprint density at radius 2 is 0.720 bits per heavy atom. The standard InChI is InChI=1S/C15H16FN5O3.C14H13FN6O2.C13H10ClFN2O3.C13H11FN2O4.C7H6FNO2.C6H6ClNO2.C6H7NO3.C3H3NO4.CH6N4.CH3NO2.2Cl2OS/c1-7-13(24-8(2)20-7)14(23)21-9-3-4-11(16)10(5-9)12(22)6-19-15(17)18;1-6-11(23-7(2)17-6)13(22)18-8-3-4-10(15)9(5-8)12-19-14(16)21-20-12;1-6-11(20-7(2)16-6)13(19)17-8-3-4-10(15)9(5-8)12(14)18;1-6-11(20-7(2)15-6)12(17)16-8-3-4-10(14)9(5-8)13(18)19;8-6-2-1-4(9)3-5(6)7(10)11;1-3-5(6(7)9)10-4(2)8-3;1-3-5(6(8)9)10-4(2)7-3;5-1-3(2-6)4(7)8;2-1(3)5-4;2-1(3)4;2*1-4(2)3/h3-5H,6H2,1-2H3,(H,21,23)(H4,17,18,19);3-5H,1-2H3,(H,18,22)(H3,16,19,20,21);3-5H,1-2H3,(H,17,19);3-5H,1-2H3,(H,16,17)(H,18,19);1-3H,9H2,(H,10,11);1-2H3;1-2H3,(H,8,9);1-3H;4H2,(H4,2,3,5);2H2,(H,3,4);;. The highest BCUT2D eigenvalue weighted by molar-refractivity contribution is 8.27. The summed E-state index contributed by atoms with van der Waals surface area (Å²) in [5.41, 5.74) is 37.0. The third-order valence-corrected chi connectivity index (χ3v) is 15.7. The highest BCUT2D eigenvalue weighted by Gasteiger charge is 2.25. The lowest BCUT2D eigenvalue weighted by molar-refractivity contribution is -0.489. The number of carbonyl (C=O) groups excluding carboxylic acids is 9. The van der Waals surface area contributed by atoms with Gasteiger partial charge in [-0.2, -0.15) is 4.98 Å². The van der Waals surface area contributed by atoms with Crippen LogP contribution in [0.2, 0.25) is 0 Å². The number of aromatic carboxylic acids is 3. The highest BCUT2D eigenvalue weighted by Crippen LogP contribution is 2.27. The molecule has 0 bridgehead atoms. The second kappa shape index (κ2) is 61.0. The average Bonchev–Trinajstić information content (AvgIpc) is 1.69. The first-order valence-electron chi connectivity index (χ1n) is 37.8. The molecule has 7 aromatic heterocycles. The first-order chi connectivity index (χ1) is 66.5. The van der Waals surface area contributed by atoms with E-state index < -0.39 is 140 Å². The molecule has 12 rings (SSSR count). The molecule has 0 spiro atoms. The summed E-state index contributed by atoms with van der Waals surface area (Å²) in [5, 5.41) is 59.9. The Kier molecular flexibility index (Phi) is 53.1. The van der Waals surface area contributed by atoms with Gasteiger partial charge in [0, 0.05) is 118 Å². The molecule has 0 radical (unpaired) electrons. The summed E-state index contributed by atoms with van der Waals surface area (Å²) in [4.78, 5) is 180.